The molecule has 0 aromatic carbocycles. The molecule has 1 fully saturated rings. The molecule has 1 aliphatic heterocycles. The molecule has 0 spiro atoms. The summed E-state index contributed by atoms with van der Waals surface area (Å²) >= 11 is 0. The normalized spacial score (nSPS) is 15.0. The number of anilines is 1. The van der Waals surface area contributed by atoms with Crippen molar-refractivity contribution in [2.45, 2.75) is 20.0 Å². The fourth-order valence-electron chi connectivity index (χ4n) is 5.16. The second-order valence-electron chi connectivity index (χ2n) is 10.4. The molecule has 10 heteroatoms. The number of methoxy groups -OCH3 is 1. The SMILES string of the molecule is COc1ccc(CN2CCN(c3ccc(-c4cc(-c5cnn(CC(C)CO)c5)cn5nccc45)cn3)CC2)cn1. The Morgan fingerprint density at radius 3 is 2.50 bits per heavy atom. The first-order valence-corrected chi connectivity index (χ1v) is 13.6. The fraction of sp³-hybridized carbons (Fsp3) is 0.333. The molecule has 5 aromatic rings. The van der Waals surface area contributed by atoms with Crippen molar-refractivity contribution in [3.63, 3.8) is 0 Å². The van der Waals surface area contributed by atoms with E-state index in [4.69, 9.17) is 9.72 Å². The summed E-state index contributed by atoms with van der Waals surface area (Å²) in [6.45, 7) is 7.50. The summed E-state index contributed by atoms with van der Waals surface area (Å²) in [5.41, 5.74) is 6.38. The smallest absolute Gasteiger partial charge is 0.212 e. The zero-order chi connectivity index (χ0) is 27.5. The van der Waals surface area contributed by atoms with Gasteiger partial charge >= 0.3 is 0 Å². The largest absolute Gasteiger partial charge is 0.481 e. The van der Waals surface area contributed by atoms with Crippen molar-refractivity contribution in [3.05, 3.63) is 79.1 Å². The topological polar surface area (TPSA) is 96.8 Å². The van der Waals surface area contributed by atoms with Gasteiger partial charge in [-0.3, -0.25) is 9.58 Å². The number of rotatable bonds is 9. The van der Waals surface area contributed by atoms with Crippen LogP contribution >= 0.6 is 0 Å². The summed E-state index contributed by atoms with van der Waals surface area (Å²) in [6.07, 6.45) is 11.6. The molecule has 0 saturated carbocycles. The number of aliphatic hydroxyl groups excluding tert-OH is 1. The van der Waals surface area contributed by atoms with Crippen LogP contribution in [0.5, 0.6) is 5.88 Å². The first-order valence-electron chi connectivity index (χ1n) is 13.6. The predicted octanol–water partition coefficient (Wildman–Crippen LogP) is 3.61. The molecule has 6 heterocycles. The minimum atomic E-state index is 0.138. The first-order chi connectivity index (χ1) is 19.6. The molecule has 0 aliphatic carbocycles. The summed E-state index contributed by atoms with van der Waals surface area (Å²) in [4.78, 5) is 14.0. The summed E-state index contributed by atoms with van der Waals surface area (Å²) in [5, 5.41) is 18.4. The first kappa shape index (κ1) is 26.0. The molecule has 1 atom stereocenters. The highest BCUT2D eigenvalue weighted by molar-refractivity contribution is 5.84. The highest BCUT2D eigenvalue weighted by Crippen LogP contribution is 2.31. The van der Waals surface area contributed by atoms with E-state index in [1.54, 1.807) is 7.11 Å². The average Bonchev–Trinajstić information content (AvgIpc) is 3.67. The summed E-state index contributed by atoms with van der Waals surface area (Å²) in [7, 11) is 1.64. The highest BCUT2D eigenvalue weighted by atomic mass is 16.5. The second-order valence-corrected chi connectivity index (χ2v) is 10.4. The lowest BCUT2D eigenvalue weighted by Crippen LogP contribution is -2.46. The van der Waals surface area contributed by atoms with E-state index >= 15 is 0 Å². The Kier molecular flexibility index (Phi) is 7.43. The molecule has 0 radical (unpaired) electrons. The number of hydrogen-bond acceptors (Lipinski definition) is 8. The van der Waals surface area contributed by atoms with Crippen molar-refractivity contribution < 1.29 is 9.84 Å². The van der Waals surface area contributed by atoms with Gasteiger partial charge in [0.1, 0.15) is 5.82 Å². The van der Waals surface area contributed by atoms with Crippen molar-refractivity contribution in [2.75, 3.05) is 44.8 Å². The van der Waals surface area contributed by atoms with Gasteiger partial charge in [0.25, 0.3) is 0 Å². The Labute approximate surface area is 233 Å². The second kappa shape index (κ2) is 11.4. The van der Waals surface area contributed by atoms with Crippen molar-refractivity contribution in [1.82, 2.24) is 34.3 Å². The molecule has 1 unspecified atom stereocenters. The van der Waals surface area contributed by atoms with Gasteiger partial charge in [0, 0.05) is 105 Å². The number of ether oxygens (including phenoxy) is 1. The zero-order valence-electron chi connectivity index (χ0n) is 22.9. The number of pyridine rings is 3. The van der Waals surface area contributed by atoms with E-state index in [9.17, 15) is 5.11 Å². The van der Waals surface area contributed by atoms with Crippen LogP contribution in [-0.2, 0) is 13.1 Å². The fourth-order valence-corrected chi connectivity index (χ4v) is 5.16. The number of nitrogens with zero attached hydrogens (tertiary/aromatic N) is 8. The third kappa shape index (κ3) is 5.54. The molecule has 206 valence electrons. The quantitative estimate of drug-likeness (QED) is 0.304. The van der Waals surface area contributed by atoms with Gasteiger partial charge in [0.15, 0.2) is 0 Å². The van der Waals surface area contributed by atoms with Gasteiger partial charge in [0.2, 0.25) is 5.88 Å². The molecule has 40 heavy (non-hydrogen) atoms. The van der Waals surface area contributed by atoms with E-state index in [0.717, 1.165) is 66.3 Å². The van der Waals surface area contributed by atoms with Crippen LogP contribution in [0.3, 0.4) is 0 Å². The number of aromatic nitrogens is 6. The van der Waals surface area contributed by atoms with Gasteiger partial charge in [-0.2, -0.15) is 10.2 Å². The van der Waals surface area contributed by atoms with Gasteiger partial charge in [-0.05, 0) is 35.7 Å². The Bertz CT molecular complexity index is 1550. The molecule has 1 saturated heterocycles. The Morgan fingerprint density at radius 1 is 0.900 bits per heavy atom. The van der Waals surface area contributed by atoms with Crippen molar-refractivity contribution in [1.29, 1.82) is 0 Å². The lowest BCUT2D eigenvalue weighted by molar-refractivity contribution is 0.219. The van der Waals surface area contributed by atoms with Crippen LogP contribution in [0.25, 0.3) is 27.8 Å². The van der Waals surface area contributed by atoms with Crippen molar-refractivity contribution in [3.8, 4) is 28.1 Å². The van der Waals surface area contributed by atoms with E-state index in [1.807, 2.05) is 65.4 Å². The maximum atomic E-state index is 9.39. The molecular formula is C30H34N8O2. The molecule has 1 N–H and O–H groups in total. The van der Waals surface area contributed by atoms with E-state index in [1.165, 1.54) is 5.56 Å². The molecule has 1 aliphatic rings. The zero-order valence-corrected chi connectivity index (χ0v) is 22.9. The van der Waals surface area contributed by atoms with E-state index in [-0.39, 0.29) is 12.5 Å². The van der Waals surface area contributed by atoms with Gasteiger partial charge in [-0.25, -0.2) is 14.5 Å². The van der Waals surface area contributed by atoms with E-state index in [0.29, 0.717) is 12.4 Å². The minimum absolute atomic E-state index is 0.138. The third-order valence-corrected chi connectivity index (χ3v) is 7.45. The molecule has 5 aromatic heterocycles. The van der Waals surface area contributed by atoms with Crippen LogP contribution in [-0.4, -0.2) is 79.3 Å². The lowest BCUT2D eigenvalue weighted by Gasteiger charge is -2.35. The van der Waals surface area contributed by atoms with Crippen LogP contribution in [0.1, 0.15) is 12.5 Å². The number of hydrogen-bond donors (Lipinski definition) is 1. The molecule has 10 nitrogen and oxygen atoms in total. The maximum Gasteiger partial charge on any atom is 0.212 e. The number of fused-ring (bicyclic) bond motifs is 1. The molecular weight excluding hydrogens is 504 g/mol. The van der Waals surface area contributed by atoms with E-state index in [2.05, 4.69) is 49.2 Å². The molecule has 0 bridgehead atoms. The van der Waals surface area contributed by atoms with Crippen LogP contribution in [0, 0.1) is 5.92 Å². The van der Waals surface area contributed by atoms with Crippen molar-refractivity contribution >= 4 is 11.3 Å². The van der Waals surface area contributed by atoms with Gasteiger partial charge in [-0.15, -0.1) is 0 Å². The maximum absolute atomic E-state index is 9.39. The van der Waals surface area contributed by atoms with Crippen LogP contribution in [0.4, 0.5) is 5.82 Å². The van der Waals surface area contributed by atoms with Crippen LogP contribution in [0.15, 0.2) is 73.6 Å². The van der Waals surface area contributed by atoms with Gasteiger partial charge in [-0.1, -0.05) is 13.0 Å². The Morgan fingerprint density at radius 2 is 1.77 bits per heavy atom. The standard InChI is InChI=1S/C30H34N8O2/c1-22(21-39)17-37-19-26(16-34-37)25-13-27(28-7-8-33-38(28)20-25)24-4-5-29(31-15-24)36-11-9-35(10-12-36)18-23-3-6-30(40-2)32-14-23/h3-8,13-16,19-20,22,39H,9-12,17-18,21H2,1-2H3. The minimum Gasteiger partial charge on any atom is -0.481 e. The van der Waals surface area contributed by atoms with Gasteiger partial charge in [0.05, 0.1) is 18.8 Å². The summed E-state index contributed by atoms with van der Waals surface area (Å²) < 4.78 is 8.95. The summed E-state index contributed by atoms with van der Waals surface area (Å²) in [6, 6.07) is 12.5. The van der Waals surface area contributed by atoms with Crippen LogP contribution in [0.2, 0.25) is 0 Å². The van der Waals surface area contributed by atoms with Crippen molar-refractivity contribution in [2.24, 2.45) is 5.92 Å². The average molecular weight is 539 g/mol. The molecule has 0 amide bonds. The monoisotopic (exact) mass is 538 g/mol. The molecule has 6 rings (SSSR count). The highest BCUT2D eigenvalue weighted by Gasteiger charge is 2.19. The Hall–Kier alpha value is -4.28. The third-order valence-electron chi connectivity index (χ3n) is 7.45. The van der Waals surface area contributed by atoms with E-state index < -0.39 is 0 Å². The van der Waals surface area contributed by atoms with Crippen LogP contribution < -0.4 is 9.64 Å². The van der Waals surface area contributed by atoms with Gasteiger partial charge < -0.3 is 14.7 Å². The number of aliphatic hydroxyl groups is 1. The predicted molar refractivity (Wildman–Crippen MR) is 154 cm³/mol. The lowest BCUT2D eigenvalue weighted by atomic mass is 10.0. The Balaban J connectivity index is 1.16. The summed E-state index contributed by atoms with van der Waals surface area (Å²) in [5.74, 6) is 1.79. The number of piperazine rings is 1.